The molecule has 1 aromatic carbocycles. The van der Waals surface area contributed by atoms with Gasteiger partial charge in [0.1, 0.15) is 6.61 Å². The summed E-state index contributed by atoms with van der Waals surface area (Å²) in [5.74, 6) is 1.73. The molecule has 1 aliphatic rings. The van der Waals surface area contributed by atoms with Gasteiger partial charge in [-0.2, -0.15) is 0 Å². The molecule has 1 fully saturated rings. The van der Waals surface area contributed by atoms with Gasteiger partial charge in [0.15, 0.2) is 17.5 Å². The number of para-hydroxylation sites is 1. The van der Waals surface area contributed by atoms with E-state index in [1.807, 2.05) is 11.9 Å². The molecule has 0 spiro atoms. The largest absolute Gasteiger partial charge is 0.489 e. The molecule has 2 rings (SSSR count). The molecule has 21 heavy (non-hydrogen) atoms. The van der Waals surface area contributed by atoms with E-state index >= 15 is 0 Å². The van der Waals surface area contributed by atoms with Crippen LogP contribution in [0.4, 0.5) is 4.39 Å². The lowest BCUT2D eigenvalue weighted by atomic mass is 10.3. The zero-order valence-electron chi connectivity index (χ0n) is 12.8. The van der Waals surface area contributed by atoms with Crippen molar-refractivity contribution < 1.29 is 9.13 Å². The van der Waals surface area contributed by atoms with Gasteiger partial charge in [-0.05, 0) is 24.5 Å². The molecule has 0 atom stereocenters. The van der Waals surface area contributed by atoms with E-state index in [2.05, 4.69) is 10.3 Å². The van der Waals surface area contributed by atoms with Crippen LogP contribution in [0.2, 0.25) is 0 Å². The molecule has 0 heterocycles. The Labute approximate surface area is 126 Å². The average molecular weight is 293 g/mol. The maximum atomic E-state index is 13.4. The van der Waals surface area contributed by atoms with Crippen molar-refractivity contribution in [3.63, 3.8) is 0 Å². The van der Waals surface area contributed by atoms with Gasteiger partial charge >= 0.3 is 0 Å². The van der Waals surface area contributed by atoms with Crippen LogP contribution in [0.5, 0.6) is 5.75 Å². The molecule has 1 aliphatic carbocycles. The van der Waals surface area contributed by atoms with Gasteiger partial charge in [0.25, 0.3) is 0 Å². The van der Waals surface area contributed by atoms with Crippen LogP contribution in [0.3, 0.4) is 0 Å². The van der Waals surface area contributed by atoms with Crippen LogP contribution in [0.15, 0.2) is 29.3 Å². The van der Waals surface area contributed by atoms with Gasteiger partial charge in [0.05, 0.1) is 6.54 Å². The Hall–Kier alpha value is -1.78. The number of likely N-dealkylation sites (N-methyl/N-ethyl adjacent to an activating group) is 1. The molecule has 116 valence electrons. The number of aliphatic imine (C=N–C) groups is 1. The molecule has 1 aromatic rings. The van der Waals surface area contributed by atoms with Gasteiger partial charge in [-0.15, -0.1) is 0 Å². The van der Waals surface area contributed by atoms with Crippen molar-refractivity contribution in [2.45, 2.75) is 19.3 Å². The smallest absolute Gasteiger partial charge is 0.193 e. The Morgan fingerprint density at radius 2 is 2.19 bits per heavy atom. The lowest BCUT2D eigenvalue weighted by Gasteiger charge is -2.22. The van der Waals surface area contributed by atoms with Crippen molar-refractivity contribution in [1.29, 1.82) is 0 Å². The van der Waals surface area contributed by atoms with Gasteiger partial charge < -0.3 is 15.0 Å². The minimum Gasteiger partial charge on any atom is -0.489 e. The summed E-state index contributed by atoms with van der Waals surface area (Å²) in [6.07, 6.45) is 3.94. The highest BCUT2D eigenvalue weighted by atomic mass is 19.1. The fourth-order valence-corrected chi connectivity index (χ4v) is 2.14. The number of hydrogen-bond acceptors (Lipinski definition) is 2. The molecule has 0 aliphatic heterocycles. The fraction of sp³-hybridized carbons (Fsp3) is 0.562. The molecule has 0 unspecified atom stereocenters. The molecule has 5 heteroatoms. The molecule has 0 aromatic heterocycles. The first-order valence-electron chi connectivity index (χ1n) is 7.50. The fourth-order valence-electron chi connectivity index (χ4n) is 2.14. The van der Waals surface area contributed by atoms with Gasteiger partial charge in [-0.3, -0.25) is 4.99 Å². The highest BCUT2D eigenvalue weighted by Crippen LogP contribution is 2.31. The number of nitrogens with zero attached hydrogens (tertiary/aromatic N) is 2. The SMILES string of the molecule is CN=C(NCCC1CC1)N(C)CCOc1ccccc1F. The second-order valence-corrected chi connectivity index (χ2v) is 5.41. The van der Waals surface area contributed by atoms with E-state index in [1.54, 1.807) is 25.2 Å². The first-order chi connectivity index (χ1) is 10.2. The third kappa shape index (κ3) is 5.25. The van der Waals surface area contributed by atoms with E-state index in [0.717, 1.165) is 18.4 Å². The second-order valence-electron chi connectivity index (χ2n) is 5.41. The summed E-state index contributed by atoms with van der Waals surface area (Å²) in [6, 6.07) is 6.45. The van der Waals surface area contributed by atoms with Gasteiger partial charge in [-0.25, -0.2) is 4.39 Å². The Morgan fingerprint density at radius 3 is 2.86 bits per heavy atom. The third-order valence-electron chi connectivity index (χ3n) is 3.63. The Kier molecular flexibility index (Phi) is 5.84. The van der Waals surface area contributed by atoms with Crippen LogP contribution in [-0.4, -0.2) is 44.7 Å². The van der Waals surface area contributed by atoms with E-state index in [4.69, 9.17) is 4.74 Å². The van der Waals surface area contributed by atoms with Crippen molar-refractivity contribution >= 4 is 5.96 Å². The number of benzene rings is 1. The summed E-state index contributed by atoms with van der Waals surface area (Å²) < 4.78 is 18.9. The minimum absolute atomic E-state index is 0.294. The molecular formula is C16H24FN3O. The van der Waals surface area contributed by atoms with Crippen LogP contribution >= 0.6 is 0 Å². The molecule has 4 nitrogen and oxygen atoms in total. The summed E-state index contributed by atoms with van der Waals surface area (Å²) in [5.41, 5.74) is 0. The summed E-state index contributed by atoms with van der Waals surface area (Å²) >= 11 is 0. The maximum absolute atomic E-state index is 13.4. The highest BCUT2D eigenvalue weighted by Gasteiger charge is 2.20. The van der Waals surface area contributed by atoms with Crippen LogP contribution < -0.4 is 10.1 Å². The highest BCUT2D eigenvalue weighted by molar-refractivity contribution is 5.79. The predicted molar refractivity (Wildman–Crippen MR) is 83.2 cm³/mol. The second kappa shape index (κ2) is 7.86. The van der Waals surface area contributed by atoms with Crippen molar-refractivity contribution in [2.24, 2.45) is 10.9 Å². The van der Waals surface area contributed by atoms with Crippen LogP contribution in [0, 0.1) is 11.7 Å². The number of guanidine groups is 1. The summed E-state index contributed by atoms with van der Waals surface area (Å²) in [5, 5.41) is 3.35. The van der Waals surface area contributed by atoms with Crippen molar-refractivity contribution in [3.8, 4) is 5.75 Å². The maximum Gasteiger partial charge on any atom is 0.193 e. The topological polar surface area (TPSA) is 36.9 Å². The number of rotatable bonds is 7. The van der Waals surface area contributed by atoms with E-state index < -0.39 is 0 Å². The zero-order valence-corrected chi connectivity index (χ0v) is 12.8. The van der Waals surface area contributed by atoms with Gasteiger partial charge in [0.2, 0.25) is 0 Å². The number of halogens is 1. The molecule has 0 amide bonds. The van der Waals surface area contributed by atoms with Crippen molar-refractivity contribution in [2.75, 3.05) is 33.8 Å². The third-order valence-corrected chi connectivity index (χ3v) is 3.63. The first-order valence-corrected chi connectivity index (χ1v) is 7.50. The predicted octanol–water partition coefficient (Wildman–Crippen LogP) is 2.51. The zero-order chi connectivity index (χ0) is 15.1. The number of ether oxygens (including phenoxy) is 1. The lowest BCUT2D eigenvalue weighted by molar-refractivity contribution is 0.270. The van der Waals surface area contributed by atoms with Gasteiger partial charge in [0, 0.05) is 20.6 Å². The Bertz CT molecular complexity index is 474. The number of nitrogens with one attached hydrogen (secondary N) is 1. The summed E-state index contributed by atoms with van der Waals surface area (Å²) in [7, 11) is 3.73. The summed E-state index contributed by atoms with van der Waals surface area (Å²) in [4.78, 5) is 6.24. The van der Waals surface area contributed by atoms with E-state index in [9.17, 15) is 4.39 Å². The molecule has 1 saturated carbocycles. The lowest BCUT2D eigenvalue weighted by Crippen LogP contribution is -2.41. The first kappa shape index (κ1) is 15.6. The van der Waals surface area contributed by atoms with E-state index in [0.29, 0.717) is 18.9 Å². The van der Waals surface area contributed by atoms with Crippen LogP contribution in [0.25, 0.3) is 0 Å². The molecule has 1 N–H and O–H groups in total. The van der Waals surface area contributed by atoms with E-state index in [-0.39, 0.29) is 5.82 Å². The monoisotopic (exact) mass is 293 g/mol. The minimum atomic E-state index is -0.327. The molecule has 0 saturated heterocycles. The normalized spacial score (nSPS) is 14.9. The van der Waals surface area contributed by atoms with E-state index in [1.165, 1.54) is 25.3 Å². The van der Waals surface area contributed by atoms with Crippen LogP contribution in [-0.2, 0) is 0 Å². The molecular weight excluding hydrogens is 269 g/mol. The van der Waals surface area contributed by atoms with Crippen LogP contribution in [0.1, 0.15) is 19.3 Å². The standard InChI is InChI=1S/C16H24FN3O/c1-18-16(19-10-9-13-7-8-13)20(2)11-12-21-15-6-4-3-5-14(15)17/h3-6,13H,7-12H2,1-2H3,(H,18,19). The Morgan fingerprint density at radius 1 is 1.43 bits per heavy atom. The van der Waals surface area contributed by atoms with Gasteiger partial charge in [-0.1, -0.05) is 25.0 Å². The molecule has 0 radical (unpaired) electrons. The molecule has 0 bridgehead atoms. The average Bonchev–Trinajstić information content (AvgIpc) is 3.30. The Balaban J connectivity index is 1.69. The summed E-state index contributed by atoms with van der Waals surface area (Å²) in [6.45, 7) is 2.02. The van der Waals surface area contributed by atoms with Crippen molar-refractivity contribution in [1.82, 2.24) is 10.2 Å². The quantitative estimate of drug-likeness (QED) is 0.620. The van der Waals surface area contributed by atoms with Crippen molar-refractivity contribution in [3.05, 3.63) is 30.1 Å². The number of hydrogen-bond donors (Lipinski definition) is 1.